The Morgan fingerprint density at radius 3 is 2.12 bits per heavy atom. The minimum atomic E-state index is -2.03. The van der Waals surface area contributed by atoms with E-state index < -0.39 is 8.32 Å². The zero-order valence-electron chi connectivity index (χ0n) is 26.8. The van der Waals surface area contributed by atoms with Gasteiger partial charge in [0, 0.05) is 12.8 Å². The summed E-state index contributed by atoms with van der Waals surface area (Å²) in [7, 11) is -0.356. The molecule has 1 aromatic rings. The number of benzene rings is 1. The van der Waals surface area contributed by atoms with Crippen LogP contribution in [0.4, 0.5) is 0 Å². The number of Topliss-reactive ketones (excluding diaryl/α,β-unsaturated/α-hetero) is 1. The quantitative estimate of drug-likeness (QED) is 0.208. The molecule has 5 heteroatoms. The van der Waals surface area contributed by atoms with Crippen LogP contribution in [-0.4, -0.2) is 33.9 Å². The smallest absolute Gasteiger partial charge is 0.200 e. The third-order valence-electron chi connectivity index (χ3n) is 8.72. The lowest BCUT2D eigenvalue weighted by atomic mass is 9.94. The zero-order valence-corrected chi connectivity index (χ0v) is 27.8. The van der Waals surface area contributed by atoms with Crippen molar-refractivity contribution in [2.24, 2.45) is 5.92 Å². The fourth-order valence-corrected chi connectivity index (χ4v) is 11.9. The Kier molecular flexibility index (Phi) is 14.6. The lowest BCUT2D eigenvalue weighted by Crippen LogP contribution is -2.51. The van der Waals surface area contributed by atoms with Crippen LogP contribution < -0.4 is 4.74 Å². The van der Waals surface area contributed by atoms with Crippen LogP contribution in [-0.2, 0) is 20.6 Å². The maximum atomic E-state index is 12.6. The van der Waals surface area contributed by atoms with Crippen molar-refractivity contribution in [2.45, 2.75) is 123 Å². The van der Waals surface area contributed by atoms with E-state index in [2.05, 4.69) is 79.7 Å². The molecule has 0 aromatic heterocycles. The van der Waals surface area contributed by atoms with Crippen molar-refractivity contribution in [3.63, 3.8) is 0 Å². The van der Waals surface area contributed by atoms with E-state index in [9.17, 15) is 4.79 Å². The molecule has 0 spiro atoms. The van der Waals surface area contributed by atoms with E-state index in [1.807, 2.05) is 24.3 Å². The van der Waals surface area contributed by atoms with Gasteiger partial charge < -0.3 is 13.9 Å². The van der Waals surface area contributed by atoms with Crippen LogP contribution in [0.1, 0.15) is 99.5 Å². The first-order valence-electron chi connectivity index (χ1n) is 15.4. The molecule has 40 heavy (non-hydrogen) atoms. The van der Waals surface area contributed by atoms with Crippen molar-refractivity contribution in [3.05, 3.63) is 65.3 Å². The van der Waals surface area contributed by atoms with E-state index in [1.54, 1.807) is 7.11 Å². The van der Waals surface area contributed by atoms with Gasteiger partial charge in [-0.05, 0) is 78.4 Å². The summed E-state index contributed by atoms with van der Waals surface area (Å²) in [5.41, 5.74) is 5.35. The summed E-state index contributed by atoms with van der Waals surface area (Å²) < 4.78 is 18.8. The van der Waals surface area contributed by atoms with Crippen LogP contribution in [0.25, 0.3) is 0 Å². The Balaban J connectivity index is 2.30. The van der Waals surface area contributed by atoms with Crippen LogP contribution in [0.2, 0.25) is 16.6 Å². The second-order valence-corrected chi connectivity index (χ2v) is 17.9. The first-order valence-corrected chi connectivity index (χ1v) is 17.6. The number of carbonyl (C=O) groups excluding carboxylic acids is 1. The van der Waals surface area contributed by atoms with Gasteiger partial charge >= 0.3 is 0 Å². The Morgan fingerprint density at radius 2 is 1.52 bits per heavy atom. The first-order chi connectivity index (χ1) is 19.0. The minimum absolute atomic E-state index is 0.159. The predicted octanol–water partition coefficient (Wildman–Crippen LogP) is 9.76. The highest BCUT2D eigenvalue weighted by Gasteiger charge is 2.47. The number of hydrogen-bond acceptors (Lipinski definition) is 4. The molecule has 0 radical (unpaired) electrons. The molecule has 4 nitrogen and oxygen atoms in total. The molecule has 0 aliphatic heterocycles. The van der Waals surface area contributed by atoms with E-state index in [-0.39, 0.29) is 6.10 Å². The van der Waals surface area contributed by atoms with Crippen LogP contribution in [0, 0.1) is 5.92 Å². The SMILES string of the molecule is COc1ccc(COC/C2=C(\C)CC[C@H](O[Si](C(C)C)(C(C)C)C(C)C)[C@@H](C)/C=C/C=C/CCC(=O)CC2)cc1. The van der Waals surface area contributed by atoms with Gasteiger partial charge in [0.1, 0.15) is 11.5 Å². The summed E-state index contributed by atoms with van der Waals surface area (Å²) in [6.07, 6.45) is 13.4. The Morgan fingerprint density at radius 1 is 0.875 bits per heavy atom. The van der Waals surface area contributed by atoms with Crippen LogP contribution in [0.15, 0.2) is 59.7 Å². The van der Waals surface area contributed by atoms with Gasteiger partial charge in [-0.25, -0.2) is 0 Å². The van der Waals surface area contributed by atoms with Crippen molar-refractivity contribution >= 4 is 14.1 Å². The van der Waals surface area contributed by atoms with Gasteiger partial charge in [-0.2, -0.15) is 0 Å². The third-order valence-corrected chi connectivity index (χ3v) is 14.8. The van der Waals surface area contributed by atoms with Crippen molar-refractivity contribution in [2.75, 3.05) is 13.7 Å². The molecule has 1 aliphatic carbocycles. The average Bonchev–Trinajstić information content (AvgIpc) is 2.91. The molecule has 0 bridgehead atoms. The summed E-state index contributed by atoms with van der Waals surface area (Å²) >= 11 is 0. The van der Waals surface area contributed by atoms with Crippen molar-refractivity contribution in [3.8, 4) is 5.75 Å². The van der Waals surface area contributed by atoms with Crippen molar-refractivity contribution < 1.29 is 18.7 Å². The van der Waals surface area contributed by atoms with Gasteiger partial charge in [0.2, 0.25) is 8.32 Å². The number of rotatable bonds is 10. The van der Waals surface area contributed by atoms with Crippen molar-refractivity contribution in [1.29, 1.82) is 0 Å². The monoisotopic (exact) mass is 568 g/mol. The third kappa shape index (κ3) is 10.1. The Bertz CT molecular complexity index is 965. The molecule has 1 aromatic carbocycles. The van der Waals surface area contributed by atoms with Crippen molar-refractivity contribution in [1.82, 2.24) is 0 Å². The highest BCUT2D eigenvalue weighted by molar-refractivity contribution is 6.77. The van der Waals surface area contributed by atoms with Crippen LogP contribution in [0.5, 0.6) is 5.75 Å². The molecular weight excluding hydrogens is 512 g/mol. The summed E-state index contributed by atoms with van der Waals surface area (Å²) in [6, 6.07) is 8.01. The van der Waals surface area contributed by atoms with Crippen LogP contribution in [0.3, 0.4) is 0 Å². The highest BCUT2D eigenvalue weighted by atomic mass is 28.4. The molecule has 0 fully saturated rings. The molecule has 224 valence electrons. The first kappa shape index (κ1) is 34.2. The standard InChI is InChI=1S/C35H56O4Si/c1-26(2)40(27(3)4,28(5)6)39-35-23-16-29(7)32(25-38-24-31-17-21-34(37-9)22-18-31)19-20-33(36)15-13-11-10-12-14-30(35)8/h10-12,14,17-18,21-22,26-28,30,35H,13,15-16,19-20,23-25H2,1-9H3/b11-10+,14-12+,32-29+/t30-,35-/m0/s1. The average molecular weight is 569 g/mol. The molecular formula is C35H56O4Si. The molecule has 1 aliphatic rings. The summed E-state index contributed by atoms with van der Waals surface area (Å²) in [6.45, 7) is 19.8. The molecule has 0 amide bonds. The van der Waals surface area contributed by atoms with E-state index in [0.717, 1.165) is 37.0 Å². The van der Waals surface area contributed by atoms with E-state index in [0.29, 0.717) is 54.4 Å². The lowest BCUT2D eigenvalue weighted by molar-refractivity contribution is -0.119. The molecule has 0 unspecified atom stereocenters. The highest BCUT2D eigenvalue weighted by Crippen LogP contribution is 2.44. The van der Waals surface area contributed by atoms with E-state index >= 15 is 0 Å². The summed E-state index contributed by atoms with van der Waals surface area (Å²) in [5, 5.41) is 0. The second-order valence-electron chi connectivity index (χ2n) is 12.5. The molecule has 0 saturated heterocycles. The number of ketones is 1. The topological polar surface area (TPSA) is 44.8 Å². The van der Waals surface area contributed by atoms with Gasteiger partial charge in [-0.15, -0.1) is 0 Å². The Hall–Kier alpha value is -1.95. The second kappa shape index (κ2) is 17.1. The normalized spacial score (nSPS) is 23.8. The van der Waals surface area contributed by atoms with E-state index in [1.165, 1.54) is 11.1 Å². The molecule has 0 saturated carbocycles. The number of ether oxygens (including phenoxy) is 2. The summed E-state index contributed by atoms with van der Waals surface area (Å²) in [5.74, 6) is 1.47. The maximum absolute atomic E-state index is 12.6. The van der Waals surface area contributed by atoms with Crippen LogP contribution >= 0.6 is 0 Å². The molecule has 0 heterocycles. The lowest BCUT2D eigenvalue weighted by Gasteiger charge is -2.45. The number of carbonyl (C=O) groups is 1. The number of methoxy groups -OCH3 is 1. The molecule has 2 rings (SSSR count). The van der Waals surface area contributed by atoms with E-state index in [4.69, 9.17) is 13.9 Å². The molecule has 0 N–H and O–H groups in total. The van der Waals surface area contributed by atoms with Gasteiger partial charge in [0.25, 0.3) is 0 Å². The minimum Gasteiger partial charge on any atom is -0.497 e. The van der Waals surface area contributed by atoms with Gasteiger partial charge in [-0.1, -0.05) is 90.5 Å². The maximum Gasteiger partial charge on any atom is 0.200 e. The fourth-order valence-electron chi connectivity index (χ4n) is 6.26. The summed E-state index contributed by atoms with van der Waals surface area (Å²) in [4.78, 5) is 12.6. The van der Waals surface area contributed by atoms with Gasteiger partial charge in [0.15, 0.2) is 0 Å². The fraction of sp³-hybridized carbons (Fsp3) is 0.629. The molecule has 2 atom stereocenters. The number of allylic oxidation sites excluding steroid dienone is 4. The Labute approximate surface area is 246 Å². The van der Waals surface area contributed by atoms with Gasteiger partial charge in [0.05, 0.1) is 26.4 Å². The largest absolute Gasteiger partial charge is 0.497 e. The van der Waals surface area contributed by atoms with Gasteiger partial charge in [-0.3, -0.25) is 4.79 Å². The number of hydrogen-bond donors (Lipinski definition) is 0. The zero-order chi connectivity index (χ0) is 29.7. The predicted molar refractivity (Wildman–Crippen MR) is 171 cm³/mol.